The van der Waals surface area contributed by atoms with Gasteiger partial charge in [-0.05, 0) is 43.5 Å². The van der Waals surface area contributed by atoms with Crippen LogP contribution in [0.4, 0.5) is 0 Å². The highest BCUT2D eigenvalue weighted by molar-refractivity contribution is 6.10. The van der Waals surface area contributed by atoms with E-state index in [9.17, 15) is 14.4 Å². The molecule has 0 bridgehead atoms. The van der Waals surface area contributed by atoms with Gasteiger partial charge < -0.3 is 4.90 Å². The van der Waals surface area contributed by atoms with Crippen LogP contribution in [0.2, 0.25) is 0 Å². The molecule has 2 heterocycles. The molecule has 1 aromatic carbocycles. The van der Waals surface area contributed by atoms with E-state index < -0.39 is 5.41 Å². The van der Waals surface area contributed by atoms with E-state index in [-0.39, 0.29) is 37.1 Å². The highest BCUT2D eigenvalue weighted by Crippen LogP contribution is 2.42. The molecular weight excluding hydrogens is 390 g/mol. The number of hydrogen-bond acceptors (Lipinski definition) is 4. The predicted octanol–water partition coefficient (Wildman–Crippen LogP) is 3.40. The molecule has 2 aromatic rings. The van der Waals surface area contributed by atoms with Crippen molar-refractivity contribution in [1.29, 1.82) is 0 Å². The van der Waals surface area contributed by atoms with E-state index in [0.717, 1.165) is 22.3 Å². The van der Waals surface area contributed by atoms with E-state index in [1.807, 2.05) is 51.1 Å². The summed E-state index contributed by atoms with van der Waals surface area (Å²) < 4.78 is 0. The Morgan fingerprint density at radius 3 is 2.58 bits per heavy atom. The van der Waals surface area contributed by atoms with Gasteiger partial charge in [0.15, 0.2) is 0 Å². The van der Waals surface area contributed by atoms with Crippen molar-refractivity contribution in [2.45, 2.75) is 45.6 Å². The zero-order valence-corrected chi connectivity index (χ0v) is 18.4. The zero-order chi connectivity index (χ0) is 22.6. The first-order chi connectivity index (χ1) is 14.8. The van der Waals surface area contributed by atoms with Gasteiger partial charge >= 0.3 is 0 Å². The lowest BCUT2D eigenvalue weighted by atomic mass is 9.74. The Bertz CT molecular complexity index is 1000. The third kappa shape index (κ3) is 4.58. The van der Waals surface area contributed by atoms with Crippen LogP contribution in [-0.2, 0) is 26.3 Å². The number of nitrogens with zero attached hydrogens (tertiary/aromatic N) is 3. The van der Waals surface area contributed by atoms with Crippen LogP contribution in [0.15, 0.2) is 60.9 Å². The fraction of sp³-hybridized carbons (Fsp3) is 0.360. The van der Waals surface area contributed by atoms with Crippen LogP contribution < -0.4 is 0 Å². The average Bonchev–Trinajstić information content (AvgIpc) is 2.97. The largest absolute Gasteiger partial charge is 0.339 e. The minimum atomic E-state index is -1.20. The molecule has 0 aliphatic carbocycles. The molecule has 162 valence electrons. The van der Waals surface area contributed by atoms with Crippen LogP contribution >= 0.6 is 0 Å². The second-order valence-corrected chi connectivity index (χ2v) is 8.26. The van der Waals surface area contributed by atoms with E-state index in [0.29, 0.717) is 13.1 Å². The Morgan fingerprint density at radius 2 is 1.97 bits per heavy atom. The Kier molecular flexibility index (Phi) is 6.68. The maximum atomic E-state index is 13.8. The first-order valence-electron chi connectivity index (χ1n) is 10.5. The minimum Gasteiger partial charge on any atom is -0.339 e. The lowest BCUT2D eigenvalue weighted by molar-refractivity contribution is -0.143. The normalized spacial score (nSPS) is 18.4. The highest BCUT2D eigenvalue weighted by atomic mass is 16.2. The summed E-state index contributed by atoms with van der Waals surface area (Å²) in [5.74, 6) is -0.749. The number of hydrogen-bond donors (Lipinski definition) is 0. The molecule has 0 radical (unpaired) electrons. The second-order valence-electron chi connectivity index (χ2n) is 8.26. The van der Waals surface area contributed by atoms with Crippen LogP contribution in [0.3, 0.4) is 0 Å². The van der Waals surface area contributed by atoms with Gasteiger partial charge in [-0.1, -0.05) is 42.5 Å². The number of benzene rings is 1. The van der Waals surface area contributed by atoms with E-state index in [1.54, 1.807) is 23.4 Å². The Balaban J connectivity index is 2.00. The van der Waals surface area contributed by atoms with E-state index >= 15 is 0 Å². The first-order valence-corrected chi connectivity index (χ1v) is 10.5. The van der Waals surface area contributed by atoms with E-state index in [2.05, 4.69) is 11.6 Å². The third-order valence-corrected chi connectivity index (χ3v) is 5.78. The molecule has 6 heteroatoms. The van der Waals surface area contributed by atoms with E-state index in [4.69, 9.17) is 0 Å². The second kappa shape index (κ2) is 9.25. The third-order valence-electron chi connectivity index (χ3n) is 5.78. The quantitative estimate of drug-likeness (QED) is 0.486. The van der Waals surface area contributed by atoms with Crippen LogP contribution in [-0.4, -0.2) is 45.6 Å². The number of likely N-dealkylation sites (N-methyl/N-ethyl adjacent to an activating group) is 1. The molecule has 1 aliphatic heterocycles. The number of carbonyl (C=O) groups excluding carboxylic acids is 3. The number of carbonyl (C=O) groups is 3. The average molecular weight is 420 g/mol. The van der Waals surface area contributed by atoms with Gasteiger partial charge in [-0.25, -0.2) is 0 Å². The van der Waals surface area contributed by atoms with Gasteiger partial charge in [0.25, 0.3) is 0 Å². The summed E-state index contributed by atoms with van der Waals surface area (Å²) in [6.07, 6.45) is 3.22. The summed E-state index contributed by atoms with van der Waals surface area (Å²) in [4.78, 5) is 47.1. The summed E-state index contributed by atoms with van der Waals surface area (Å²) in [5, 5.41) is 0. The Morgan fingerprint density at radius 1 is 1.23 bits per heavy atom. The molecule has 31 heavy (non-hydrogen) atoms. The topological polar surface area (TPSA) is 70.6 Å². The first kappa shape index (κ1) is 22.4. The minimum absolute atomic E-state index is 0.0205. The van der Waals surface area contributed by atoms with Crippen molar-refractivity contribution in [3.63, 3.8) is 0 Å². The number of imide groups is 1. The van der Waals surface area contributed by atoms with Crippen molar-refractivity contribution >= 4 is 17.7 Å². The fourth-order valence-electron chi connectivity index (χ4n) is 4.26. The highest BCUT2D eigenvalue weighted by Gasteiger charge is 2.54. The van der Waals surface area contributed by atoms with Crippen molar-refractivity contribution in [2.24, 2.45) is 0 Å². The van der Waals surface area contributed by atoms with Gasteiger partial charge in [-0.2, -0.15) is 0 Å². The molecule has 0 N–H and O–H groups in total. The lowest BCUT2D eigenvalue weighted by Crippen LogP contribution is -2.44. The maximum absolute atomic E-state index is 13.8. The molecule has 1 atom stereocenters. The van der Waals surface area contributed by atoms with Crippen LogP contribution in [0.5, 0.6) is 0 Å². The zero-order valence-electron chi connectivity index (χ0n) is 18.4. The smallest absolute Gasteiger partial charge is 0.241 e. The van der Waals surface area contributed by atoms with E-state index in [1.165, 1.54) is 4.90 Å². The molecule has 1 fully saturated rings. The summed E-state index contributed by atoms with van der Waals surface area (Å²) in [6.45, 7) is 10.7. The van der Waals surface area contributed by atoms with Crippen molar-refractivity contribution < 1.29 is 14.4 Å². The SMILES string of the molecule is C=C(C)CN(CC)C(=O)C[C@]1(c2ccccc2C)CC(=O)N(Cc2cccnc2)C1=O. The van der Waals surface area contributed by atoms with Crippen LogP contribution in [0.1, 0.15) is 43.4 Å². The number of amides is 3. The molecule has 3 rings (SSSR count). The molecular formula is C25H29N3O3. The Hall–Kier alpha value is -3.28. The Labute approximate surface area is 183 Å². The van der Waals surface area contributed by atoms with Crippen molar-refractivity contribution in [3.05, 3.63) is 77.6 Å². The van der Waals surface area contributed by atoms with Gasteiger partial charge in [0.2, 0.25) is 17.7 Å². The standard InChI is InChI=1S/C25H29N3O3/c1-5-27(16-18(2)3)22(29)13-25(21-11-7-6-9-19(21)4)14-23(30)28(24(25)31)17-20-10-8-12-26-15-20/h6-12,15H,2,5,13-14,16-17H2,1,3-4H3/t25-/m1/s1. The fourth-order valence-corrected chi connectivity index (χ4v) is 4.26. The van der Waals surface area contributed by atoms with Crippen molar-refractivity contribution in [1.82, 2.24) is 14.8 Å². The number of aromatic nitrogens is 1. The summed E-state index contributed by atoms with van der Waals surface area (Å²) >= 11 is 0. The number of aryl methyl sites for hydroxylation is 1. The van der Waals surface area contributed by atoms with Crippen molar-refractivity contribution in [2.75, 3.05) is 13.1 Å². The van der Waals surface area contributed by atoms with Gasteiger partial charge in [0.1, 0.15) is 0 Å². The number of pyridine rings is 1. The molecule has 0 spiro atoms. The predicted molar refractivity (Wildman–Crippen MR) is 119 cm³/mol. The van der Waals surface area contributed by atoms with Gasteiger partial charge in [-0.3, -0.25) is 24.3 Å². The molecule has 6 nitrogen and oxygen atoms in total. The lowest BCUT2D eigenvalue weighted by Gasteiger charge is -2.31. The summed E-state index contributed by atoms with van der Waals surface area (Å²) in [5.41, 5.74) is 2.06. The van der Waals surface area contributed by atoms with Gasteiger partial charge in [0.05, 0.1) is 12.0 Å². The summed E-state index contributed by atoms with van der Waals surface area (Å²) in [7, 11) is 0. The molecule has 3 amide bonds. The molecule has 0 saturated carbocycles. The monoisotopic (exact) mass is 419 g/mol. The number of likely N-dealkylation sites (tertiary alicyclic amines) is 1. The summed E-state index contributed by atoms with van der Waals surface area (Å²) in [6, 6.07) is 11.1. The van der Waals surface area contributed by atoms with Crippen LogP contribution in [0.25, 0.3) is 0 Å². The van der Waals surface area contributed by atoms with Crippen molar-refractivity contribution in [3.8, 4) is 0 Å². The molecule has 0 unspecified atom stereocenters. The van der Waals surface area contributed by atoms with Crippen LogP contribution in [0, 0.1) is 6.92 Å². The number of rotatable bonds is 8. The van der Waals surface area contributed by atoms with Gasteiger partial charge in [-0.15, -0.1) is 0 Å². The van der Waals surface area contributed by atoms with Gasteiger partial charge in [0, 0.05) is 38.3 Å². The maximum Gasteiger partial charge on any atom is 0.241 e. The molecule has 1 aliphatic rings. The molecule has 1 aromatic heterocycles. The molecule has 1 saturated heterocycles.